The molecule has 1 aliphatic rings. The van der Waals surface area contributed by atoms with Gasteiger partial charge in [-0.3, -0.25) is 4.98 Å². The SMILES string of the molecule is Cc1ccc(-c2cn(-c3ccc(C4CNCCO4)cc3)nn2)cc1Nc1nccc(-c2cccnc2)n1. The van der Waals surface area contributed by atoms with Crippen molar-refractivity contribution >= 4 is 11.6 Å². The predicted octanol–water partition coefficient (Wildman–Crippen LogP) is 4.50. The fourth-order valence-corrected chi connectivity index (χ4v) is 4.27. The van der Waals surface area contributed by atoms with Crippen molar-refractivity contribution in [1.29, 1.82) is 0 Å². The van der Waals surface area contributed by atoms with Crippen molar-refractivity contribution < 1.29 is 4.74 Å². The molecule has 2 aromatic carbocycles. The summed E-state index contributed by atoms with van der Waals surface area (Å²) in [5.41, 5.74) is 7.53. The Morgan fingerprint density at radius 3 is 2.73 bits per heavy atom. The molecule has 184 valence electrons. The third kappa shape index (κ3) is 5.09. The Morgan fingerprint density at radius 1 is 1.00 bits per heavy atom. The van der Waals surface area contributed by atoms with E-state index < -0.39 is 0 Å². The number of ether oxygens (including phenoxy) is 1. The van der Waals surface area contributed by atoms with Crippen LogP contribution in [0.4, 0.5) is 11.6 Å². The van der Waals surface area contributed by atoms with Crippen LogP contribution in [0.5, 0.6) is 0 Å². The molecule has 1 fully saturated rings. The molecule has 1 aliphatic heterocycles. The molecular weight excluding hydrogens is 464 g/mol. The van der Waals surface area contributed by atoms with Crippen LogP contribution < -0.4 is 10.6 Å². The molecule has 4 heterocycles. The minimum Gasteiger partial charge on any atom is -0.371 e. The van der Waals surface area contributed by atoms with Gasteiger partial charge in [0.2, 0.25) is 5.95 Å². The molecule has 9 nitrogen and oxygen atoms in total. The van der Waals surface area contributed by atoms with E-state index in [0.29, 0.717) is 5.95 Å². The molecule has 6 rings (SSSR count). The van der Waals surface area contributed by atoms with Crippen molar-refractivity contribution in [2.45, 2.75) is 13.0 Å². The van der Waals surface area contributed by atoms with E-state index in [-0.39, 0.29) is 6.10 Å². The first-order valence-electron chi connectivity index (χ1n) is 12.2. The predicted molar refractivity (Wildman–Crippen MR) is 142 cm³/mol. The maximum Gasteiger partial charge on any atom is 0.227 e. The summed E-state index contributed by atoms with van der Waals surface area (Å²) in [6.07, 6.45) is 7.29. The fraction of sp³-hybridized carbons (Fsp3) is 0.179. The van der Waals surface area contributed by atoms with Crippen molar-refractivity contribution in [2.75, 3.05) is 25.0 Å². The molecule has 0 saturated carbocycles. The molecule has 0 bridgehead atoms. The van der Waals surface area contributed by atoms with Gasteiger partial charge in [-0.1, -0.05) is 29.5 Å². The minimum absolute atomic E-state index is 0.0848. The standard InChI is InChI=1S/C28H26N8O/c1-19-4-5-21(15-25(19)33-28-31-12-10-24(32-28)22-3-2-11-29-16-22)26-18-36(35-34-26)23-8-6-20(7-9-23)27-17-30-13-14-37-27/h2-12,15-16,18,27,30H,13-14,17H2,1H3,(H,31,32,33). The van der Waals surface area contributed by atoms with Crippen molar-refractivity contribution in [3.05, 3.63) is 96.6 Å². The van der Waals surface area contributed by atoms with E-state index >= 15 is 0 Å². The largest absolute Gasteiger partial charge is 0.371 e. The molecule has 0 radical (unpaired) electrons. The van der Waals surface area contributed by atoms with Crippen molar-refractivity contribution in [3.63, 3.8) is 0 Å². The molecule has 1 unspecified atom stereocenters. The van der Waals surface area contributed by atoms with Crippen LogP contribution >= 0.6 is 0 Å². The second-order valence-corrected chi connectivity index (χ2v) is 8.87. The molecule has 9 heteroatoms. The van der Waals surface area contributed by atoms with Gasteiger partial charge in [-0.15, -0.1) is 5.10 Å². The average molecular weight is 491 g/mol. The highest BCUT2D eigenvalue weighted by atomic mass is 16.5. The van der Waals surface area contributed by atoms with Gasteiger partial charge in [0.25, 0.3) is 0 Å². The summed E-state index contributed by atoms with van der Waals surface area (Å²) in [6.45, 7) is 4.50. The molecule has 0 spiro atoms. The maximum atomic E-state index is 5.85. The number of hydrogen-bond acceptors (Lipinski definition) is 8. The van der Waals surface area contributed by atoms with Gasteiger partial charge in [-0.25, -0.2) is 14.6 Å². The summed E-state index contributed by atoms with van der Waals surface area (Å²) in [4.78, 5) is 13.2. The molecule has 3 aromatic heterocycles. The lowest BCUT2D eigenvalue weighted by Gasteiger charge is -2.24. The highest BCUT2D eigenvalue weighted by Gasteiger charge is 2.16. The van der Waals surface area contributed by atoms with E-state index in [9.17, 15) is 0 Å². The van der Waals surface area contributed by atoms with Crippen LogP contribution in [-0.2, 0) is 4.74 Å². The van der Waals surface area contributed by atoms with E-state index in [1.165, 1.54) is 0 Å². The first kappa shape index (κ1) is 23.0. The fourth-order valence-electron chi connectivity index (χ4n) is 4.27. The lowest BCUT2D eigenvalue weighted by molar-refractivity contribution is 0.0277. The quantitative estimate of drug-likeness (QED) is 0.359. The highest BCUT2D eigenvalue weighted by Crippen LogP contribution is 2.27. The summed E-state index contributed by atoms with van der Waals surface area (Å²) in [5.74, 6) is 0.516. The first-order valence-corrected chi connectivity index (χ1v) is 12.2. The maximum absolute atomic E-state index is 5.85. The van der Waals surface area contributed by atoms with Gasteiger partial charge in [0.15, 0.2) is 0 Å². The van der Waals surface area contributed by atoms with Gasteiger partial charge in [-0.2, -0.15) is 0 Å². The number of aryl methyl sites for hydroxylation is 1. The van der Waals surface area contributed by atoms with Gasteiger partial charge < -0.3 is 15.4 Å². The second-order valence-electron chi connectivity index (χ2n) is 8.87. The third-order valence-corrected chi connectivity index (χ3v) is 6.34. The van der Waals surface area contributed by atoms with Crippen LogP contribution in [0.15, 0.2) is 85.5 Å². The van der Waals surface area contributed by atoms with Gasteiger partial charge in [0, 0.05) is 48.5 Å². The van der Waals surface area contributed by atoms with Crippen molar-refractivity contribution in [3.8, 4) is 28.2 Å². The molecular formula is C28H26N8O. The topological polar surface area (TPSA) is 103 Å². The minimum atomic E-state index is 0.0848. The summed E-state index contributed by atoms with van der Waals surface area (Å²) in [6, 6.07) is 20.1. The number of anilines is 2. The van der Waals surface area contributed by atoms with Crippen LogP contribution in [0.2, 0.25) is 0 Å². The van der Waals surface area contributed by atoms with E-state index in [4.69, 9.17) is 4.74 Å². The lowest BCUT2D eigenvalue weighted by atomic mass is 10.1. The molecule has 5 aromatic rings. The highest BCUT2D eigenvalue weighted by molar-refractivity contribution is 5.70. The summed E-state index contributed by atoms with van der Waals surface area (Å²) in [7, 11) is 0. The summed E-state index contributed by atoms with van der Waals surface area (Å²) in [5, 5.41) is 15.5. The number of nitrogens with zero attached hydrogens (tertiary/aromatic N) is 6. The number of morpholine rings is 1. The van der Waals surface area contributed by atoms with Crippen LogP contribution in [0.25, 0.3) is 28.2 Å². The Balaban J connectivity index is 1.21. The van der Waals surface area contributed by atoms with Crippen LogP contribution in [-0.4, -0.2) is 49.6 Å². The van der Waals surface area contributed by atoms with E-state index in [0.717, 1.165) is 64.7 Å². The molecule has 0 aliphatic carbocycles. The summed E-state index contributed by atoms with van der Waals surface area (Å²) < 4.78 is 7.63. The van der Waals surface area contributed by atoms with E-state index in [1.807, 2.05) is 55.6 Å². The van der Waals surface area contributed by atoms with E-state index in [1.54, 1.807) is 23.3 Å². The normalized spacial score (nSPS) is 15.4. The van der Waals surface area contributed by atoms with Gasteiger partial charge in [-0.05, 0) is 54.4 Å². The third-order valence-electron chi connectivity index (χ3n) is 6.34. The van der Waals surface area contributed by atoms with Crippen LogP contribution in [0.3, 0.4) is 0 Å². The number of hydrogen-bond donors (Lipinski definition) is 2. The van der Waals surface area contributed by atoms with E-state index in [2.05, 4.69) is 54.1 Å². The Morgan fingerprint density at radius 2 is 1.92 bits per heavy atom. The van der Waals surface area contributed by atoms with Gasteiger partial charge >= 0.3 is 0 Å². The Kier molecular flexibility index (Phi) is 6.36. The number of nitrogens with one attached hydrogen (secondary N) is 2. The lowest BCUT2D eigenvalue weighted by Crippen LogP contribution is -2.33. The zero-order chi connectivity index (χ0) is 25.0. The average Bonchev–Trinajstić information content (AvgIpc) is 3.46. The number of aromatic nitrogens is 6. The van der Waals surface area contributed by atoms with Crippen molar-refractivity contribution in [1.82, 2.24) is 35.3 Å². The Labute approximate surface area is 214 Å². The zero-order valence-electron chi connectivity index (χ0n) is 20.4. The molecule has 1 saturated heterocycles. The Bertz CT molecular complexity index is 1490. The number of benzene rings is 2. The van der Waals surface area contributed by atoms with Gasteiger partial charge in [0.05, 0.1) is 30.3 Å². The first-order chi connectivity index (χ1) is 18.2. The Hall–Kier alpha value is -4.47. The summed E-state index contributed by atoms with van der Waals surface area (Å²) >= 11 is 0. The molecule has 37 heavy (non-hydrogen) atoms. The molecule has 2 N–H and O–H groups in total. The number of pyridine rings is 1. The van der Waals surface area contributed by atoms with Crippen molar-refractivity contribution in [2.24, 2.45) is 0 Å². The van der Waals surface area contributed by atoms with Crippen LogP contribution in [0.1, 0.15) is 17.2 Å². The molecule has 0 amide bonds. The number of rotatable bonds is 6. The van der Waals surface area contributed by atoms with Gasteiger partial charge in [0.1, 0.15) is 5.69 Å². The smallest absolute Gasteiger partial charge is 0.227 e. The van der Waals surface area contributed by atoms with Crippen LogP contribution in [0, 0.1) is 6.92 Å². The second kappa shape index (κ2) is 10.3. The monoisotopic (exact) mass is 490 g/mol. The zero-order valence-corrected chi connectivity index (χ0v) is 20.4. The molecule has 1 atom stereocenters.